The number of fused-ring (bicyclic) bond motifs is 19. The van der Waals surface area contributed by atoms with Gasteiger partial charge in [-0.3, -0.25) is 0 Å². The van der Waals surface area contributed by atoms with E-state index in [4.69, 9.17) is 4.42 Å². The van der Waals surface area contributed by atoms with E-state index in [1.165, 1.54) is 76.8 Å². The van der Waals surface area contributed by atoms with Crippen LogP contribution in [0.2, 0.25) is 0 Å². The predicted molar refractivity (Wildman–Crippen MR) is 237 cm³/mol. The van der Waals surface area contributed by atoms with E-state index in [1.54, 1.807) is 0 Å². The lowest BCUT2D eigenvalue weighted by atomic mass is 9.70. The molecule has 0 atom stereocenters. The summed E-state index contributed by atoms with van der Waals surface area (Å²) in [6.07, 6.45) is 0. The molecule has 0 N–H and O–H groups in total. The average Bonchev–Trinajstić information content (AvgIpc) is 3.91. The van der Waals surface area contributed by atoms with Gasteiger partial charge in [0, 0.05) is 27.7 Å². The summed E-state index contributed by atoms with van der Waals surface area (Å²) in [6.45, 7) is 0. The minimum absolute atomic E-state index is 0.514. The molecule has 0 saturated carbocycles. The summed E-state index contributed by atoms with van der Waals surface area (Å²) >= 11 is 0. The predicted octanol–water partition coefficient (Wildman–Crippen LogP) is 14.9. The highest BCUT2D eigenvalue weighted by molar-refractivity contribution is 6.26. The fraction of sp³-hybridized carbons (Fsp3) is 0.0182. The maximum absolute atomic E-state index is 6.40. The van der Waals surface area contributed by atoms with Crippen LogP contribution in [0.3, 0.4) is 0 Å². The highest BCUT2D eigenvalue weighted by Crippen LogP contribution is 2.65. The van der Waals surface area contributed by atoms with Gasteiger partial charge in [-0.2, -0.15) is 0 Å². The molecule has 0 saturated heterocycles. The molecule has 2 heteroatoms. The van der Waals surface area contributed by atoms with Crippen LogP contribution in [0.1, 0.15) is 22.3 Å². The average molecular weight is 724 g/mol. The molecule has 2 aliphatic rings. The lowest BCUT2D eigenvalue weighted by Gasteiger charge is -2.36. The zero-order valence-electron chi connectivity index (χ0n) is 30.9. The first-order valence-electron chi connectivity index (χ1n) is 19.8. The molecule has 13 rings (SSSR count). The molecule has 1 heterocycles. The fourth-order valence-electron chi connectivity index (χ4n) is 10.6. The number of nitrogens with zero attached hydrogens (tertiary/aromatic N) is 1. The summed E-state index contributed by atoms with van der Waals surface area (Å²) in [7, 11) is 0. The van der Waals surface area contributed by atoms with E-state index >= 15 is 0 Å². The Hall–Kier alpha value is -7.42. The molecule has 0 unspecified atom stereocenters. The van der Waals surface area contributed by atoms with Gasteiger partial charge < -0.3 is 9.32 Å². The van der Waals surface area contributed by atoms with Crippen LogP contribution in [-0.4, -0.2) is 0 Å². The number of furan rings is 1. The molecule has 0 aliphatic heterocycles. The van der Waals surface area contributed by atoms with Crippen molar-refractivity contribution in [3.63, 3.8) is 0 Å². The van der Waals surface area contributed by atoms with Crippen molar-refractivity contribution in [3.05, 3.63) is 222 Å². The number of benzene rings is 10. The van der Waals surface area contributed by atoms with Gasteiger partial charge in [-0.05, 0) is 114 Å². The summed E-state index contributed by atoms with van der Waals surface area (Å²) in [5.41, 5.74) is 15.1. The fourth-order valence-corrected chi connectivity index (χ4v) is 10.6. The van der Waals surface area contributed by atoms with Gasteiger partial charge in [0.15, 0.2) is 0 Å². The summed E-state index contributed by atoms with van der Waals surface area (Å²) in [6, 6.07) is 74.0. The van der Waals surface area contributed by atoms with Gasteiger partial charge in [-0.15, -0.1) is 0 Å². The van der Waals surface area contributed by atoms with Crippen molar-refractivity contribution in [2.24, 2.45) is 0 Å². The molecule has 10 aromatic carbocycles. The summed E-state index contributed by atoms with van der Waals surface area (Å²) < 4.78 is 6.40. The highest BCUT2D eigenvalue weighted by Gasteiger charge is 2.53. The van der Waals surface area contributed by atoms with Crippen molar-refractivity contribution in [2.45, 2.75) is 5.41 Å². The van der Waals surface area contributed by atoms with Crippen LogP contribution in [0.15, 0.2) is 205 Å². The van der Waals surface area contributed by atoms with Crippen molar-refractivity contribution in [2.75, 3.05) is 4.90 Å². The Morgan fingerprint density at radius 2 is 0.754 bits per heavy atom. The summed E-state index contributed by atoms with van der Waals surface area (Å²) in [5.74, 6) is 0. The molecule has 264 valence electrons. The third-order valence-electron chi connectivity index (χ3n) is 12.8. The van der Waals surface area contributed by atoms with Crippen molar-refractivity contribution in [3.8, 4) is 22.3 Å². The monoisotopic (exact) mass is 723 g/mol. The topological polar surface area (TPSA) is 16.4 Å². The zero-order valence-corrected chi connectivity index (χ0v) is 30.9. The zero-order chi connectivity index (χ0) is 37.2. The van der Waals surface area contributed by atoms with Crippen LogP contribution in [0, 0.1) is 0 Å². The summed E-state index contributed by atoms with van der Waals surface area (Å²) in [4.78, 5) is 2.51. The Kier molecular flexibility index (Phi) is 6.13. The molecule has 0 fully saturated rings. The Balaban J connectivity index is 1.17. The Morgan fingerprint density at radius 1 is 0.316 bits per heavy atom. The van der Waals surface area contributed by atoms with Crippen LogP contribution in [0.4, 0.5) is 17.1 Å². The lowest BCUT2D eigenvalue weighted by molar-refractivity contribution is 0.669. The molecule has 11 aromatic rings. The largest absolute Gasteiger partial charge is 0.456 e. The van der Waals surface area contributed by atoms with Crippen LogP contribution in [0.25, 0.3) is 76.5 Å². The van der Waals surface area contributed by atoms with Gasteiger partial charge in [0.2, 0.25) is 0 Å². The van der Waals surface area contributed by atoms with E-state index < -0.39 is 5.41 Å². The number of hydrogen-bond donors (Lipinski definition) is 0. The molecule has 2 aliphatic carbocycles. The van der Waals surface area contributed by atoms with E-state index in [1.807, 2.05) is 6.07 Å². The quantitative estimate of drug-likeness (QED) is 0.169. The summed E-state index contributed by atoms with van der Waals surface area (Å²) in [5, 5.41) is 9.79. The normalized spacial score (nSPS) is 13.4. The van der Waals surface area contributed by atoms with Gasteiger partial charge in [-0.25, -0.2) is 0 Å². The SMILES string of the molecule is c1ccc2c(c1)-c1ccccc1C21c2ccccc2-c2cccc(N(c3ccc4oc5ccccc5c4c3)c3ccc4c5ccccc5c5ccccc5c4c3)c21. The first-order valence-corrected chi connectivity index (χ1v) is 19.8. The van der Waals surface area contributed by atoms with Crippen LogP contribution in [-0.2, 0) is 5.41 Å². The maximum atomic E-state index is 6.40. The number of rotatable bonds is 3. The van der Waals surface area contributed by atoms with Crippen LogP contribution < -0.4 is 4.90 Å². The first-order chi connectivity index (χ1) is 28.3. The minimum atomic E-state index is -0.514. The molecule has 0 bridgehead atoms. The molecule has 2 nitrogen and oxygen atoms in total. The molecular formula is C55H33NO. The van der Waals surface area contributed by atoms with Crippen molar-refractivity contribution < 1.29 is 4.42 Å². The maximum Gasteiger partial charge on any atom is 0.135 e. The van der Waals surface area contributed by atoms with E-state index in [0.717, 1.165) is 39.0 Å². The standard InChI is InChI=1S/C55H33NO/c1-2-16-38-36(14-1)37-15-3-4-17-39(37)46-32-34(28-30-40(38)46)56(35-29-31-53-47(33-35)44-21-8-12-27-52(44)57-53)51-26-13-22-45-43-20-7-11-25-50(43)55(54(45)51)48-23-9-5-18-41(48)42-19-6-10-24-49(42)55/h1-33H. The Bertz CT molecular complexity index is 3400. The second kappa shape index (κ2) is 11.3. The first kappa shape index (κ1) is 30.9. The number of para-hydroxylation sites is 1. The Morgan fingerprint density at radius 3 is 1.39 bits per heavy atom. The molecule has 0 radical (unpaired) electrons. The van der Waals surface area contributed by atoms with Gasteiger partial charge in [0.05, 0.1) is 11.1 Å². The van der Waals surface area contributed by atoms with Crippen LogP contribution in [0.5, 0.6) is 0 Å². The highest BCUT2D eigenvalue weighted by atomic mass is 16.3. The van der Waals surface area contributed by atoms with Crippen molar-refractivity contribution in [1.29, 1.82) is 0 Å². The van der Waals surface area contributed by atoms with Crippen molar-refractivity contribution >= 4 is 71.3 Å². The third kappa shape index (κ3) is 3.99. The lowest BCUT2D eigenvalue weighted by Crippen LogP contribution is -2.28. The van der Waals surface area contributed by atoms with Gasteiger partial charge >= 0.3 is 0 Å². The van der Waals surface area contributed by atoms with E-state index in [0.29, 0.717) is 0 Å². The van der Waals surface area contributed by atoms with Crippen molar-refractivity contribution in [1.82, 2.24) is 0 Å². The second-order valence-corrected chi connectivity index (χ2v) is 15.5. The molecule has 1 aromatic heterocycles. The van der Waals surface area contributed by atoms with Crippen LogP contribution >= 0.6 is 0 Å². The van der Waals surface area contributed by atoms with E-state index in [2.05, 4.69) is 199 Å². The third-order valence-corrected chi connectivity index (χ3v) is 12.8. The molecule has 57 heavy (non-hydrogen) atoms. The van der Waals surface area contributed by atoms with Gasteiger partial charge in [0.25, 0.3) is 0 Å². The smallest absolute Gasteiger partial charge is 0.135 e. The minimum Gasteiger partial charge on any atom is -0.456 e. The Labute approximate surface area is 329 Å². The number of anilines is 3. The molecule has 1 spiro atoms. The molecule has 0 amide bonds. The van der Waals surface area contributed by atoms with E-state index in [-0.39, 0.29) is 0 Å². The van der Waals surface area contributed by atoms with Gasteiger partial charge in [0.1, 0.15) is 11.2 Å². The second-order valence-electron chi connectivity index (χ2n) is 15.5. The van der Waals surface area contributed by atoms with E-state index in [9.17, 15) is 0 Å². The number of hydrogen-bond acceptors (Lipinski definition) is 2. The molecular weight excluding hydrogens is 691 g/mol. The van der Waals surface area contributed by atoms with Gasteiger partial charge in [-0.1, -0.05) is 158 Å².